The van der Waals surface area contributed by atoms with Crippen LogP contribution in [0.15, 0.2) is 78.9 Å². The predicted octanol–water partition coefficient (Wildman–Crippen LogP) is 4.10. The van der Waals surface area contributed by atoms with Gasteiger partial charge in [-0.15, -0.1) is 10.2 Å². The molecule has 3 N–H and O–H groups in total. The molecular formula is C27H26N8. The maximum atomic E-state index is 5.00. The molecule has 0 atom stereocenters. The maximum absolute atomic E-state index is 5.00. The molecule has 8 heteroatoms. The Hall–Kier alpha value is -4.30. The van der Waals surface area contributed by atoms with Crippen LogP contribution in [0.25, 0.3) is 33.5 Å². The number of rotatable bonds is 6. The summed E-state index contributed by atoms with van der Waals surface area (Å²) in [5, 5.41) is 24.7. The largest absolute Gasteiger partial charge is 0.361 e. The summed E-state index contributed by atoms with van der Waals surface area (Å²) in [5.74, 6) is 2.14. The molecule has 3 heterocycles. The van der Waals surface area contributed by atoms with E-state index in [1.165, 1.54) is 5.56 Å². The van der Waals surface area contributed by atoms with Crippen LogP contribution < -0.4 is 15.5 Å². The molecule has 0 unspecified atom stereocenters. The van der Waals surface area contributed by atoms with Crippen molar-refractivity contribution in [1.82, 2.24) is 30.7 Å². The minimum Gasteiger partial charge on any atom is -0.361 e. The molecule has 35 heavy (non-hydrogen) atoms. The molecule has 1 aliphatic rings. The molecule has 174 valence electrons. The highest BCUT2D eigenvalue weighted by atomic mass is 15.3. The molecule has 1 fully saturated rings. The Bertz CT molecular complexity index is 1430. The normalized spacial score (nSPS) is 13.8. The second-order valence-corrected chi connectivity index (χ2v) is 8.58. The van der Waals surface area contributed by atoms with Gasteiger partial charge in [0.15, 0.2) is 17.5 Å². The van der Waals surface area contributed by atoms with Crippen LogP contribution in [0.1, 0.15) is 5.56 Å². The van der Waals surface area contributed by atoms with Crippen molar-refractivity contribution in [3.05, 3.63) is 84.4 Å². The number of nitrogens with zero attached hydrogens (tertiary/aromatic N) is 5. The summed E-state index contributed by atoms with van der Waals surface area (Å²) in [4.78, 5) is 7.28. The van der Waals surface area contributed by atoms with Crippen LogP contribution in [0, 0.1) is 0 Å². The van der Waals surface area contributed by atoms with Crippen molar-refractivity contribution in [1.29, 1.82) is 0 Å². The number of aromatic amines is 1. The number of fused-ring (bicyclic) bond motifs is 1. The Balaban J connectivity index is 1.37. The van der Waals surface area contributed by atoms with E-state index in [9.17, 15) is 0 Å². The van der Waals surface area contributed by atoms with Crippen LogP contribution in [-0.4, -0.2) is 51.6 Å². The van der Waals surface area contributed by atoms with Gasteiger partial charge in [-0.25, -0.2) is 4.98 Å². The summed E-state index contributed by atoms with van der Waals surface area (Å²) < 4.78 is 0. The average molecular weight is 463 g/mol. The number of piperazine rings is 1. The summed E-state index contributed by atoms with van der Waals surface area (Å²) in [5.41, 5.74) is 5.05. The molecule has 0 radical (unpaired) electrons. The molecule has 2 aromatic heterocycles. The van der Waals surface area contributed by atoms with E-state index in [0.717, 1.165) is 59.7 Å². The highest BCUT2D eigenvalue weighted by Gasteiger charge is 2.20. The van der Waals surface area contributed by atoms with Crippen LogP contribution >= 0.6 is 0 Å². The number of aromatic nitrogens is 5. The third-order valence-corrected chi connectivity index (χ3v) is 6.26. The van der Waals surface area contributed by atoms with Gasteiger partial charge in [-0.2, -0.15) is 5.10 Å². The summed E-state index contributed by atoms with van der Waals surface area (Å²) in [6, 6.07) is 26.6. The molecule has 0 aliphatic carbocycles. The van der Waals surface area contributed by atoms with Crippen molar-refractivity contribution in [2.24, 2.45) is 0 Å². The smallest absolute Gasteiger partial charge is 0.192 e. The van der Waals surface area contributed by atoms with Crippen LogP contribution in [0.4, 0.5) is 11.6 Å². The lowest BCUT2D eigenvalue weighted by Gasteiger charge is -2.29. The van der Waals surface area contributed by atoms with Gasteiger partial charge in [0.1, 0.15) is 0 Å². The minimum absolute atomic E-state index is 0.603. The molecule has 0 saturated carbocycles. The van der Waals surface area contributed by atoms with Crippen LogP contribution in [0.5, 0.6) is 0 Å². The summed E-state index contributed by atoms with van der Waals surface area (Å²) in [6.07, 6.45) is 0. The number of benzene rings is 3. The SMILES string of the molecule is c1ccc(CNc2nnc(-c3ccc4[nH]nc(-c5ccccc5)c4c3)nc2N2CCNCC2)cc1. The van der Waals surface area contributed by atoms with Gasteiger partial charge in [-0.05, 0) is 23.8 Å². The van der Waals surface area contributed by atoms with Gasteiger partial charge in [-0.1, -0.05) is 60.7 Å². The Kier molecular flexibility index (Phi) is 5.78. The first-order valence-electron chi connectivity index (χ1n) is 11.9. The molecule has 0 bridgehead atoms. The zero-order valence-electron chi connectivity index (χ0n) is 19.3. The minimum atomic E-state index is 0.603. The van der Waals surface area contributed by atoms with E-state index < -0.39 is 0 Å². The zero-order chi connectivity index (χ0) is 23.5. The van der Waals surface area contributed by atoms with E-state index in [4.69, 9.17) is 4.98 Å². The highest BCUT2D eigenvalue weighted by Crippen LogP contribution is 2.31. The molecule has 8 nitrogen and oxygen atoms in total. The van der Waals surface area contributed by atoms with Gasteiger partial charge in [0, 0.05) is 49.2 Å². The molecule has 1 aliphatic heterocycles. The van der Waals surface area contributed by atoms with E-state index >= 15 is 0 Å². The van der Waals surface area contributed by atoms with E-state index in [1.54, 1.807) is 0 Å². The molecule has 6 rings (SSSR count). The van der Waals surface area contributed by atoms with Gasteiger partial charge >= 0.3 is 0 Å². The summed E-state index contributed by atoms with van der Waals surface area (Å²) in [7, 11) is 0. The Morgan fingerprint density at radius 2 is 1.60 bits per heavy atom. The first-order valence-corrected chi connectivity index (χ1v) is 11.9. The molecule has 0 spiro atoms. The number of hydrogen-bond acceptors (Lipinski definition) is 7. The van der Waals surface area contributed by atoms with E-state index in [2.05, 4.69) is 66.3 Å². The molecule has 0 amide bonds. The second-order valence-electron chi connectivity index (χ2n) is 8.58. The van der Waals surface area contributed by atoms with Crippen molar-refractivity contribution >= 4 is 22.5 Å². The maximum Gasteiger partial charge on any atom is 0.192 e. The van der Waals surface area contributed by atoms with Crippen molar-refractivity contribution in [2.45, 2.75) is 6.54 Å². The quantitative estimate of drug-likeness (QED) is 0.350. The third kappa shape index (κ3) is 4.43. The zero-order valence-corrected chi connectivity index (χ0v) is 19.3. The van der Waals surface area contributed by atoms with Gasteiger partial charge in [0.25, 0.3) is 0 Å². The predicted molar refractivity (Wildman–Crippen MR) is 139 cm³/mol. The summed E-state index contributed by atoms with van der Waals surface area (Å²) >= 11 is 0. The van der Waals surface area contributed by atoms with Crippen LogP contribution in [-0.2, 0) is 6.54 Å². The first kappa shape index (κ1) is 21.2. The molecule has 1 saturated heterocycles. The lowest BCUT2D eigenvalue weighted by atomic mass is 10.1. The second kappa shape index (κ2) is 9.52. The van der Waals surface area contributed by atoms with E-state index in [0.29, 0.717) is 18.2 Å². The molecule has 3 aromatic carbocycles. The monoisotopic (exact) mass is 462 g/mol. The van der Waals surface area contributed by atoms with Crippen molar-refractivity contribution < 1.29 is 0 Å². The van der Waals surface area contributed by atoms with E-state index in [1.807, 2.05) is 48.5 Å². The lowest BCUT2D eigenvalue weighted by Crippen LogP contribution is -2.44. The number of H-pyrrole nitrogens is 1. The fourth-order valence-electron chi connectivity index (χ4n) is 4.40. The molecular weight excluding hydrogens is 436 g/mol. The van der Waals surface area contributed by atoms with E-state index in [-0.39, 0.29) is 0 Å². The number of nitrogens with one attached hydrogen (secondary N) is 3. The third-order valence-electron chi connectivity index (χ3n) is 6.26. The van der Waals surface area contributed by atoms with Crippen LogP contribution in [0.2, 0.25) is 0 Å². The lowest BCUT2D eigenvalue weighted by molar-refractivity contribution is 0.584. The Morgan fingerprint density at radius 3 is 2.40 bits per heavy atom. The molecule has 5 aromatic rings. The fourth-order valence-corrected chi connectivity index (χ4v) is 4.40. The average Bonchev–Trinajstić information content (AvgIpc) is 3.37. The standard InChI is InChI=1S/C27H26N8/c1-3-7-19(8-4-1)18-29-26-27(35-15-13-28-14-16-35)30-25(33-34-26)21-11-12-23-22(17-21)24(32-31-23)20-9-5-2-6-10-20/h1-12,17,28H,13-16,18H2,(H,29,34)(H,31,32). The summed E-state index contributed by atoms with van der Waals surface area (Å²) in [6.45, 7) is 4.24. The Labute approximate surface area is 203 Å². The Morgan fingerprint density at radius 1 is 0.829 bits per heavy atom. The van der Waals surface area contributed by atoms with Gasteiger partial charge in [0.05, 0.1) is 11.2 Å². The van der Waals surface area contributed by atoms with Gasteiger partial charge < -0.3 is 15.5 Å². The van der Waals surface area contributed by atoms with Crippen LogP contribution in [0.3, 0.4) is 0 Å². The first-order chi connectivity index (χ1) is 17.3. The van der Waals surface area contributed by atoms with Crippen molar-refractivity contribution in [3.63, 3.8) is 0 Å². The van der Waals surface area contributed by atoms with Gasteiger partial charge in [-0.3, -0.25) is 5.10 Å². The van der Waals surface area contributed by atoms with Crippen molar-refractivity contribution in [2.75, 3.05) is 36.4 Å². The van der Waals surface area contributed by atoms with Gasteiger partial charge in [0.2, 0.25) is 0 Å². The highest BCUT2D eigenvalue weighted by molar-refractivity contribution is 5.95. The fraction of sp³-hybridized carbons (Fsp3) is 0.185. The van der Waals surface area contributed by atoms with Crippen molar-refractivity contribution in [3.8, 4) is 22.6 Å². The number of hydrogen-bond donors (Lipinski definition) is 3. The number of anilines is 2. The topological polar surface area (TPSA) is 94.7 Å².